The number of hydrogen-bond donors (Lipinski definition) is 1. The predicted octanol–water partition coefficient (Wildman–Crippen LogP) is 3.16. The number of alkyl halides is 2. The van der Waals surface area contributed by atoms with Gasteiger partial charge in [-0.2, -0.15) is 0 Å². The van der Waals surface area contributed by atoms with E-state index in [0.29, 0.717) is 0 Å². The average Bonchev–Trinajstić information content (AvgIpc) is 2.33. The molecule has 0 heterocycles. The van der Waals surface area contributed by atoms with E-state index in [1.807, 2.05) is 30.3 Å². The van der Waals surface area contributed by atoms with Crippen molar-refractivity contribution in [3.8, 4) is 0 Å². The number of halogens is 2. The van der Waals surface area contributed by atoms with Gasteiger partial charge < -0.3 is 10.5 Å². The van der Waals surface area contributed by atoms with Gasteiger partial charge in [0.15, 0.2) is 9.14 Å². The second-order valence-electron chi connectivity index (χ2n) is 5.76. The van der Waals surface area contributed by atoms with Gasteiger partial charge in [-0.3, -0.25) is 9.59 Å². The fourth-order valence-corrected chi connectivity index (χ4v) is 2.29. The van der Waals surface area contributed by atoms with Gasteiger partial charge in [-0.15, -0.1) is 0 Å². The average molecular weight is 421 g/mol. The molecule has 0 amide bonds. The summed E-state index contributed by atoms with van der Waals surface area (Å²) in [5.74, 6) is -2.03. The molecule has 0 aliphatic heterocycles. The lowest BCUT2D eigenvalue weighted by molar-refractivity contribution is -0.162. The van der Waals surface area contributed by atoms with Crippen LogP contribution in [0, 0.1) is 5.92 Å². The fraction of sp³-hybridized carbons (Fsp3) is 0.467. The molecule has 0 radical (unpaired) electrons. The molecule has 0 fully saturated rings. The summed E-state index contributed by atoms with van der Waals surface area (Å²) >= 11 is 6.09. The van der Waals surface area contributed by atoms with Crippen molar-refractivity contribution in [1.82, 2.24) is 0 Å². The molecule has 116 valence electrons. The quantitative estimate of drug-likeness (QED) is 0.343. The van der Waals surface area contributed by atoms with Gasteiger partial charge in [0.05, 0.1) is 0 Å². The molecule has 2 N–H and O–H groups in total. The molecule has 0 unspecified atom stereocenters. The first kappa shape index (κ1) is 18.3. The van der Waals surface area contributed by atoms with Crippen molar-refractivity contribution in [3.63, 3.8) is 0 Å². The van der Waals surface area contributed by atoms with Gasteiger partial charge in [-0.25, -0.2) is 0 Å². The summed E-state index contributed by atoms with van der Waals surface area (Å²) in [6.45, 7) is 5.27. The molecule has 0 saturated carbocycles. The molecule has 1 aromatic carbocycles. The molecule has 0 aromatic heterocycles. The molecule has 21 heavy (non-hydrogen) atoms. The van der Waals surface area contributed by atoms with E-state index in [1.165, 1.54) is 0 Å². The Morgan fingerprint density at radius 2 is 1.71 bits per heavy atom. The topological polar surface area (TPSA) is 69.4 Å². The highest BCUT2D eigenvalue weighted by atomic mass is 79.9. The van der Waals surface area contributed by atoms with Crippen molar-refractivity contribution in [2.75, 3.05) is 0 Å². The molecule has 0 aliphatic carbocycles. The number of carbonyl (C=O) groups is 2. The van der Waals surface area contributed by atoms with Crippen molar-refractivity contribution in [3.05, 3.63) is 35.9 Å². The third kappa shape index (κ3) is 6.28. The Balaban J connectivity index is 3.00. The van der Waals surface area contributed by atoms with Crippen molar-refractivity contribution >= 4 is 43.6 Å². The van der Waals surface area contributed by atoms with E-state index in [1.54, 1.807) is 20.8 Å². The van der Waals surface area contributed by atoms with Crippen LogP contribution in [0.2, 0.25) is 0 Å². The fourth-order valence-electron chi connectivity index (χ4n) is 1.74. The number of ether oxygens (including phenoxy) is 1. The maximum atomic E-state index is 12.4. The van der Waals surface area contributed by atoms with E-state index in [0.717, 1.165) is 5.56 Å². The zero-order valence-electron chi connectivity index (χ0n) is 12.2. The second-order valence-corrected chi connectivity index (χ2v) is 9.33. The number of rotatable bonds is 5. The summed E-state index contributed by atoms with van der Waals surface area (Å²) in [4.78, 5) is 24.7. The minimum atomic E-state index is -1.45. The van der Waals surface area contributed by atoms with E-state index < -0.39 is 26.6 Å². The number of hydrogen-bond acceptors (Lipinski definition) is 4. The maximum absolute atomic E-state index is 12.4. The van der Waals surface area contributed by atoms with Gasteiger partial charge in [0.2, 0.25) is 0 Å². The van der Waals surface area contributed by atoms with Crippen LogP contribution < -0.4 is 5.73 Å². The molecule has 0 bridgehead atoms. The lowest BCUT2D eigenvalue weighted by Gasteiger charge is -2.25. The Kier molecular flexibility index (Phi) is 6.13. The molecular weight excluding hydrogens is 402 g/mol. The van der Waals surface area contributed by atoms with Crippen LogP contribution in [0.15, 0.2) is 30.3 Å². The molecule has 1 aromatic rings. The predicted molar refractivity (Wildman–Crippen MR) is 89.3 cm³/mol. The first-order valence-corrected chi connectivity index (χ1v) is 8.07. The standard InChI is InChI=1S/C15H19Br2NO3/c1-14(2,3)21-13(20)11(12(19)15(16,17)18)9-10-7-5-4-6-8-10/h4-8,11H,9,18H2,1-3H3/t11-/m0/s1. The Labute approximate surface area is 141 Å². The van der Waals surface area contributed by atoms with Gasteiger partial charge in [-0.05, 0) is 64.6 Å². The van der Waals surface area contributed by atoms with Crippen molar-refractivity contribution in [1.29, 1.82) is 0 Å². The van der Waals surface area contributed by atoms with Crippen LogP contribution in [0.5, 0.6) is 0 Å². The highest BCUT2D eigenvalue weighted by molar-refractivity contribution is 9.25. The van der Waals surface area contributed by atoms with Crippen LogP contribution in [0.1, 0.15) is 26.3 Å². The minimum Gasteiger partial charge on any atom is -0.459 e. The Hall–Kier alpha value is -0.720. The first-order valence-electron chi connectivity index (χ1n) is 6.48. The van der Waals surface area contributed by atoms with Gasteiger partial charge in [-0.1, -0.05) is 30.3 Å². The Bertz CT molecular complexity index is 504. The zero-order valence-corrected chi connectivity index (χ0v) is 15.4. The first-order chi connectivity index (χ1) is 9.50. The maximum Gasteiger partial charge on any atom is 0.317 e. The van der Waals surface area contributed by atoms with Gasteiger partial charge in [0.25, 0.3) is 0 Å². The zero-order chi connectivity index (χ0) is 16.3. The highest BCUT2D eigenvalue weighted by Gasteiger charge is 2.40. The van der Waals surface area contributed by atoms with E-state index in [9.17, 15) is 9.59 Å². The summed E-state index contributed by atoms with van der Waals surface area (Å²) in [6.07, 6.45) is 0.241. The molecule has 0 saturated heterocycles. The molecule has 4 nitrogen and oxygen atoms in total. The number of Topliss-reactive ketones (excluding diaryl/α,β-unsaturated/α-hetero) is 1. The van der Waals surface area contributed by atoms with Crippen molar-refractivity contribution < 1.29 is 14.3 Å². The Morgan fingerprint density at radius 1 is 1.19 bits per heavy atom. The largest absolute Gasteiger partial charge is 0.459 e. The van der Waals surface area contributed by atoms with Crippen LogP contribution in [-0.2, 0) is 20.7 Å². The van der Waals surface area contributed by atoms with E-state index in [2.05, 4.69) is 31.9 Å². The summed E-state index contributed by atoms with van der Waals surface area (Å²) < 4.78 is 3.88. The van der Waals surface area contributed by atoms with Gasteiger partial charge >= 0.3 is 5.97 Å². The molecule has 1 rings (SSSR count). The van der Waals surface area contributed by atoms with Crippen LogP contribution in [-0.4, -0.2) is 20.7 Å². The number of ketones is 1. The van der Waals surface area contributed by atoms with Gasteiger partial charge in [0.1, 0.15) is 11.5 Å². The van der Waals surface area contributed by atoms with E-state index >= 15 is 0 Å². The Morgan fingerprint density at radius 3 is 2.14 bits per heavy atom. The molecule has 1 atom stereocenters. The van der Waals surface area contributed by atoms with Crippen LogP contribution in [0.25, 0.3) is 0 Å². The number of benzene rings is 1. The summed E-state index contributed by atoms with van der Waals surface area (Å²) in [6, 6.07) is 9.28. The third-order valence-corrected chi connectivity index (χ3v) is 3.40. The van der Waals surface area contributed by atoms with E-state index in [4.69, 9.17) is 10.5 Å². The smallest absolute Gasteiger partial charge is 0.317 e. The monoisotopic (exact) mass is 419 g/mol. The lowest BCUT2D eigenvalue weighted by Crippen LogP contribution is -2.45. The lowest BCUT2D eigenvalue weighted by atomic mass is 9.95. The number of nitrogens with two attached hydrogens (primary N) is 1. The van der Waals surface area contributed by atoms with Crippen molar-refractivity contribution in [2.24, 2.45) is 11.7 Å². The van der Waals surface area contributed by atoms with Crippen LogP contribution in [0.4, 0.5) is 0 Å². The second kappa shape index (κ2) is 7.03. The summed E-state index contributed by atoms with van der Waals surface area (Å²) in [7, 11) is 0. The van der Waals surface area contributed by atoms with Gasteiger partial charge in [0, 0.05) is 0 Å². The van der Waals surface area contributed by atoms with Crippen LogP contribution in [0.3, 0.4) is 0 Å². The molecular formula is C15H19Br2NO3. The number of carbonyl (C=O) groups excluding carboxylic acids is 2. The number of esters is 1. The van der Waals surface area contributed by atoms with Crippen LogP contribution >= 0.6 is 31.9 Å². The molecule has 6 heteroatoms. The third-order valence-electron chi connectivity index (χ3n) is 2.62. The SMILES string of the molecule is CC(C)(C)OC(=O)[C@@H](Cc1ccccc1)C(=O)C(N)(Br)Br. The van der Waals surface area contributed by atoms with Crippen molar-refractivity contribution in [2.45, 2.75) is 36.2 Å². The molecule has 0 spiro atoms. The normalized spacial score (nSPS) is 13.6. The summed E-state index contributed by atoms with van der Waals surface area (Å²) in [5.41, 5.74) is 5.91. The minimum absolute atomic E-state index is 0.241. The highest BCUT2D eigenvalue weighted by Crippen LogP contribution is 2.27. The van der Waals surface area contributed by atoms with E-state index in [-0.39, 0.29) is 6.42 Å². The molecule has 0 aliphatic rings. The summed E-state index contributed by atoms with van der Waals surface area (Å²) in [5, 5.41) is 0.